The van der Waals surface area contributed by atoms with Gasteiger partial charge in [-0.3, -0.25) is 0 Å². The van der Waals surface area contributed by atoms with Crippen LogP contribution in [0.15, 0.2) is 54.1 Å². The van der Waals surface area contributed by atoms with Gasteiger partial charge in [0, 0.05) is 17.8 Å². The first-order valence-electron chi connectivity index (χ1n) is 6.97. The molecule has 0 radical (unpaired) electrons. The van der Waals surface area contributed by atoms with E-state index in [1.807, 2.05) is 48.5 Å². The summed E-state index contributed by atoms with van der Waals surface area (Å²) in [6, 6.07) is 15.5. The van der Waals surface area contributed by atoms with Crippen LogP contribution in [0.5, 0.6) is 5.75 Å². The molecule has 0 aliphatic carbocycles. The summed E-state index contributed by atoms with van der Waals surface area (Å²) in [6.07, 6.45) is 1.65. The maximum atomic E-state index is 10.8. The predicted molar refractivity (Wildman–Crippen MR) is 88.0 cm³/mol. The van der Waals surface area contributed by atoms with Crippen molar-refractivity contribution in [1.82, 2.24) is 0 Å². The molecule has 2 aromatic carbocycles. The standard InChI is InChI=1S/C18H19NO3/c1-13(18(20)21)11-14-3-7-16(8-4-14)19-12-15-5-9-17(22-2)10-6-15/h3-11,19H,12H2,1-2H3,(H,20,21). The molecular weight excluding hydrogens is 278 g/mol. The number of nitrogens with one attached hydrogen (secondary N) is 1. The van der Waals surface area contributed by atoms with Crippen molar-refractivity contribution in [3.05, 3.63) is 65.2 Å². The van der Waals surface area contributed by atoms with Gasteiger partial charge in [-0.15, -0.1) is 0 Å². The maximum absolute atomic E-state index is 10.8. The highest BCUT2D eigenvalue weighted by molar-refractivity contribution is 5.91. The van der Waals surface area contributed by atoms with E-state index in [-0.39, 0.29) is 0 Å². The minimum atomic E-state index is -0.901. The Bertz CT molecular complexity index is 658. The van der Waals surface area contributed by atoms with Crippen molar-refractivity contribution in [2.75, 3.05) is 12.4 Å². The molecular formula is C18H19NO3. The van der Waals surface area contributed by atoms with Gasteiger partial charge in [0.25, 0.3) is 0 Å². The summed E-state index contributed by atoms with van der Waals surface area (Å²) in [5.74, 6) is -0.0598. The molecule has 0 aliphatic heterocycles. The molecule has 2 N–H and O–H groups in total. The van der Waals surface area contributed by atoms with Gasteiger partial charge in [0.2, 0.25) is 0 Å². The fourth-order valence-corrected chi connectivity index (χ4v) is 1.96. The van der Waals surface area contributed by atoms with Crippen molar-refractivity contribution in [2.45, 2.75) is 13.5 Å². The number of ether oxygens (including phenoxy) is 1. The third-order valence-corrected chi connectivity index (χ3v) is 3.29. The number of carboxylic acid groups (broad SMARTS) is 1. The average molecular weight is 297 g/mol. The van der Waals surface area contributed by atoms with Gasteiger partial charge >= 0.3 is 5.97 Å². The summed E-state index contributed by atoms with van der Waals surface area (Å²) in [6.45, 7) is 2.30. The van der Waals surface area contributed by atoms with Crippen LogP contribution < -0.4 is 10.1 Å². The van der Waals surface area contributed by atoms with Gasteiger partial charge < -0.3 is 15.2 Å². The van der Waals surface area contributed by atoms with E-state index in [9.17, 15) is 4.79 Å². The van der Waals surface area contributed by atoms with Gasteiger partial charge in [0.1, 0.15) is 5.75 Å². The van der Waals surface area contributed by atoms with E-state index >= 15 is 0 Å². The highest BCUT2D eigenvalue weighted by Crippen LogP contribution is 2.15. The van der Waals surface area contributed by atoms with E-state index in [1.54, 1.807) is 20.1 Å². The number of carbonyl (C=O) groups is 1. The predicted octanol–water partition coefficient (Wildman–Crippen LogP) is 3.80. The van der Waals surface area contributed by atoms with Gasteiger partial charge in [-0.1, -0.05) is 24.3 Å². The molecule has 0 saturated carbocycles. The third-order valence-electron chi connectivity index (χ3n) is 3.29. The second-order valence-corrected chi connectivity index (χ2v) is 4.96. The molecule has 0 bridgehead atoms. The van der Waals surface area contributed by atoms with Crippen LogP contribution >= 0.6 is 0 Å². The first-order chi connectivity index (χ1) is 10.6. The lowest BCUT2D eigenvalue weighted by atomic mass is 10.1. The topological polar surface area (TPSA) is 58.6 Å². The lowest BCUT2D eigenvalue weighted by Gasteiger charge is -2.08. The second-order valence-electron chi connectivity index (χ2n) is 4.96. The molecule has 4 nitrogen and oxygen atoms in total. The molecule has 2 rings (SSSR count). The number of benzene rings is 2. The Morgan fingerprint density at radius 2 is 1.77 bits per heavy atom. The normalized spacial score (nSPS) is 11.1. The average Bonchev–Trinajstić information content (AvgIpc) is 2.54. The zero-order valence-corrected chi connectivity index (χ0v) is 12.7. The Balaban J connectivity index is 1.96. The Kier molecular flexibility index (Phi) is 5.20. The molecule has 0 aliphatic rings. The first-order valence-corrected chi connectivity index (χ1v) is 6.97. The Labute approximate surface area is 130 Å². The monoisotopic (exact) mass is 297 g/mol. The number of methoxy groups -OCH3 is 1. The van der Waals surface area contributed by atoms with E-state index in [4.69, 9.17) is 9.84 Å². The van der Waals surface area contributed by atoms with Crippen molar-refractivity contribution in [3.8, 4) is 5.75 Å². The second kappa shape index (κ2) is 7.31. The van der Waals surface area contributed by atoms with E-state index in [0.29, 0.717) is 12.1 Å². The number of carboxylic acids is 1. The zero-order valence-electron chi connectivity index (χ0n) is 12.7. The van der Waals surface area contributed by atoms with Crippen molar-refractivity contribution in [1.29, 1.82) is 0 Å². The van der Waals surface area contributed by atoms with Crippen LogP contribution in [0, 0.1) is 0 Å². The Hall–Kier alpha value is -2.75. The quantitative estimate of drug-likeness (QED) is 0.796. The summed E-state index contributed by atoms with van der Waals surface area (Å²) in [5.41, 5.74) is 3.33. The summed E-state index contributed by atoms with van der Waals surface area (Å²) in [5, 5.41) is 12.2. The molecule has 0 spiro atoms. The number of anilines is 1. The fraction of sp³-hybridized carbons (Fsp3) is 0.167. The maximum Gasteiger partial charge on any atom is 0.331 e. The minimum Gasteiger partial charge on any atom is -0.497 e. The van der Waals surface area contributed by atoms with E-state index in [0.717, 1.165) is 22.6 Å². The van der Waals surface area contributed by atoms with Gasteiger partial charge in [0.15, 0.2) is 0 Å². The molecule has 0 aromatic heterocycles. The highest BCUT2D eigenvalue weighted by Gasteiger charge is 2.00. The molecule has 2 aromatic rings. The van der Waals surface area contributed by atoms with Crippen LogP contribution in [-0.2, 0) is 11.3 Å². The van der Waals surface area contributed by atoms with Gasteiger partial charge in [-0.2, -0.15) is 0 Å². The smallest absolute Gasteiger partial charge is 0.331 e. The largest absolute Gasteiger partial charge is 0.497 e. The lowest BCUT2D eigenvalue weighted by molar-refractivity contribution is -0.132. The first kappa shape index (κ1) is 15.6. The van der Waals surface area contributed by atoms with Gasteiger partial charge in [-0.05, 0) is 48.4 Å². The number of hydrogen-bond acceptors (Lipinski definition) is 3. The van der Waals surface area contributed by atoms with Crippen LogP contribution in [0.3, 0.4) is 0 Å². The Morgan fingerprint density at radius 3 is 2.32 bits per heavy atom. The summed E-state index contributed by atoms with van der Waals surface area (Å²) < 4.78 is 5.13. The van der Waals surface area contributed by atoms with Crippen LogP contribution in [0.1, 0.15) is 18.1 Å². The molecule has 0 atom stereocenters. The fourth-order valence-electron chi connectivity index (χ4n) is 1.96. The SMILES string of the molecule is COc1ccc(CNc2ccc(C=C(C)C(=O)O)cc2)cc1. The van der Waals surface area contributed by atoms with Gasteiger partial charge in [-0.25, -0.2) is 4.79 Å². The minimum absolute atomic E-state index is 0.318. The molecule has 0 unspecified atom stereocenters. The third kappa shape index (κ3) is 4.38. The number of rotatable bonds is 6. The molecule has 114 valence electrons. The molecule has 4 heteroatoms. The molecule has 0 saturated heterocycles. The van der Waals surface area contributed by atoms with E-state index in [1.165, 1.54) is 0 Å². The van der Waals surface area contributed by atoms with Crippen molar-refractivity contribution < 1.29 is 14.6 Å². The van der Waals surface area contributed by atoms with E-state index < -0.39 is 5.97 Å². The van der Waals surface area contributed by atoms with Crippen LogP contribution in [-0.4, -0.2) is 18.2 Å². The molecule has 0 amide bonds. The van der Waals surface area contributed by atoms with Gasteiger partial charge in [0.05, 0.1) is 7.11 Å². The number of aliphatic carboxylic acids is 1. The van der Waals surface area contributed by atoms with Crippen molar-refractivity contribution in [2.24, 2.45) is 0 Å². The van der Waals surface area contributed by atoms with Crippen molar-refractivity contribution in [3.63, 3.8) is 0 Å². The van der Waals surface area contributed by atoms with Crippen LogP contribution in [0.2, 0.25) is 0 Å². The van der Waals surface area contributed by atoms with Crippen LogP contribution in [0.25, 0.3) is 6.08 Å². The van der Waals surface area contributed by atoms with Crippen LogP contribution in [0.4, 0.5) is 5.69 Å². The molecule has 22 heavy (non-hydrogen) atoms. The summed E-state index contributed by atoms with van der Waals surface area (Å²) in [4.78, 5) is 10.8. The Morgan fingerprint density at radius 1 is 1.14 bits per heavy atom. The number of hydrogen-bond donors (Lipinski definition) is 2. The summed E-state index contributed by atoms with van der Waals surface area (Å²) >= 11 is 0. The highest BCUT2D eigenvalue weighted by atomic mass is 16.5. The summed E-state index contributed by atoms with van der Waals surface area (Å²) in [7, 11) is 1.65. The van der Waals surface area contributed by atoms with E-state index in [2.05, 4.69) is 5.32 Å². The van der Waals surface area contributed by atoms with Crippen molar-refractivity contribution >= 4 is 17.7 Å². The molecule has 0 heterocycles. The molecule has 0 fully saturated rings. The zero-order chi connectivity index (χ0) is 15.9. The lowest BCUT2D eigenvalue weighted by Crippen LogP contribution is -1.99.